The van der Waals surface area contributed by atoms with Crippen LogP contribution < -0.4 is 10.1 Å². The predicted molar refractivity (Wildman–Crippen MR) is 96.2 cm³/mol. The molecule has 128 valence electrons. The van der Waals surface area contributed by atoms with Crippen molar-refractivity contribution in [1.29, 1.82) is 0 Å². The van der Waals surface area contributed by atoms with Crippen LogP contribution in [0.4, 0.5) is 5.69 Å². The fraction of sp³-hybridized carbons (Fsp3) is 0.100. The number of benzene rings is 3. The number of hydrogen-bond donors (Lipinski definition) is 4. The minimum absolute atomic E-state index is 0.210. The topological polar surface area (TPSA) is 82.0 Å². The lowest BCUT2D eigenvalue weighted by Gasteiger charge is -2.14. The van der Waals surface area contributed by atoms with Crippen molar-refractivity contribution in [3.63, 3.8) is 0 Å². The van der Waals surface area contributed by atoms with Gasteiger partial charge in [-0.3, -0.25) is 0 Å². The van der Waals surface area contributed by atoms with E-state index in [2.05, 4.69) is 5.32 Å². The molecular weight excluding hydrogens is 318 g/mol. The zero-order valence-electron chi connectivity index (χ0n) is 13.5. The average Bonchev–Trinajstić information content (AvgIpc) is 2.64. The number of rotatable bonds is 6. The second kappa shape index (κ2) is 7.59. The average molecular weight is 337 g/mol. The molecule has 1 unspecified atom stereocenters. The van der Waals surface area contributed by atoms with Crippen LogP contribution in [0.25, 0.3) is 0 Å². The van der Waals surface area contributed by atoms with E-state index >= 15 is 0 Å². The number of para-hydroxylation sites is 1. The van der Waals surface area contributed by atoms with E-state index in [-0.39, 0.29) is 18.0 Å². The van der Waals surface area contributed by atoms with Gasteiger partial charge in [0.25, 0.3) is 0 Å². The zero-order chi connectivity index (χ0) is 17.6. The molecule has 0 heterocycles. The molecule has 5 heteroatoms. The maximum atomic E-state index is 10.2. The van der Waals surface area contributed by atoms with E-state index in [1.165, 1.54) is 12.1 Å². The summed E-state index contributed by atoms with van der Waals surface area (Å²) in [5.74, 6) is 1.03. The first kappa shape index (κ1) is 16.7. The van der Waals surface area contributed by atoms with Gasteiger partial charge in [-0.15, -0.1) is 0 Å². The maximum Gasteiger partial charge on any atom is 0.157 e. The Kier molecular flexibility index (Phi) is 5.06. The summed E-state index contributed by atoms with van der Waals surface area (Å²) in [6.45, 7) is 0.267. The number of nitrogens with one attached hydrogen (secondary N) is 1. The summed E-state index contributed by atoms with van der Waals surface area (Å²) < 4.78 is 5.72. The van der Waals surface area contributed by atoms with Gasteiger partial charge in [-0.2, -0.15) is 0 Å². The Morgan fingerprint density at radius 1 is 0.800 bits per heavy atom. The smallest absolute Gasteiger partial charge is 0.157 e. The van der Waals surface area contributed by atoms with Gasteiger partial charge in [-0.05, 0) is 54.1 Å². The molecule has 0 bridgehead atoms. The van der Waals surface area contributed by atoms with E-state index in [1.807, 2.05) is 54.6 Å². The predicted octanol–water partition coefficient (Wildman–Crippen LogP) is 4.04. The minimum atomic E-state index is -0.813. The summed E-state index contributed by atoms with van der Waals surface area (Å²) in [4.78, 5) is 0. The first-order chi connectivity index (χ1) is 12.1. The number of phenolic OH excluding ortho intramolecular Hbond substituents is 2. The van der Waals surface area contributed by atoms with Gasteiger partial charge in [0.05, 0.1) is 6.10 Å². The number of aliphatic hydroxyl groups is 1. The molecule has 0 aromatic heterocycles. The summed E-state index contributed by atoms with van der Waals surface area (Å²) >= 11 is 0. The fourth-order valence-corrected chi connectivity index (χ4v) is 2.35. The Morgan fingerprint density at radius 2 is 1.48 bits per heavy atom. The van der Waals surface area contributed by atoms with Gasteiger partial charge < -0.3 is 25.4 Å². The number of anilines is 1. The maximum absolute atomic E-state index is 10.2. The molecule has 0 saturated heterocycles. The molecule has 5 nitrogen and oxygen atoms in total. The number of phenols is 2. The second-order valence-electron chi connectivity index (χ2n) is 5.58. The van der Waals surface area contributed by atoms with Gasteiger partial charge >= 0.3 is 0 Å². The van der Waals surface area contributed by atoms with Gasteiger partial charge in [0.1, 0.15) is 11.5 Å². The van der Waals surface area contributed by atoms with Crippen molar-refractivity contribution in [2.45, 2.75) is 6.10 Å². The molecule has 4 N–H and O–H groups in total. The van der Waals surface area contributed by atoms with E-state index < -0.39 is 6.10 Å². The molecule has 1 atom stereocenters. The van der Waals surface area contributed by atoms with Gasteiger partial charge in [0, 0.05) is 12.2 Å². The fourth-order valence-electron chi connectivity index (χ4n) is 2.35. The SMILES string of the molecule is Oc1ccc(C(O)CNc2ccc(Oc3ccccc3)cc2)cc1O. The number of hydrogen-bond acceptors (Lipinski definition) is 5. The van der Waals surface area contributed by atoms with Crippen LogP contribution in [0.3, 0.4) is 0 Å². The van der Waals surface area contributed by atoms with Crippen LogP contribution in [0.1, 0.15) is 11.7 Å². The highest BCUT2D eigenvalue weighted by atomic mass is 16.5. The third-order valence-corrected chi connectivity index (χ3v) is 3.72. The van der Waals surface area contributed by atoms with Gasteiger partial charge in [0.2, 0.25) is 0 Å². The first-order valence-corrected chi connectivity index (χ1v) is 7.88. The van der Waals surface area contributed by atoms with Crippen LogP contribution in [-0.4, -0.2) is 21.9 Å². The van der Waals surface area contributed by atoms with Crippen LogP contribution in [0, 0.1) is 0 Å². The Hall–Kier alpha value is -3.18. The number of ether oxygens (including phenoxy) is 1. The lowest BCUT2D eigenvalue weighted by atomic mass is 10.1. The third-order valence-electron chi connectivity index (χ3n) is 3.72. The summed E-state index contributed by atoms with van der Waals surface area (Å²) in [5, 5.41) is 32.1. The molecule has 0 aliphatic rings. The van der Waals surface area contributed by atoms with Crippen molar-refractivity contribution in [1.82, 2.24) is 0 Å². The largest absolute Gasteiger partial charge is 0.504 e. The van der Waals surface area contributed by atoms with Crippen molar-refractivity contribution in [3.05, 3.63) is 78.4 Å². The van der Waals surface area contributed by atoms with Gasteiger partial charge in [0.15, 0.2) is 11.5 Å². The quantitative estimate of drug-likeness (QED) is 0.511. The van der Waals surface area contributed by atoms with Crippen LogP contribution in [0.15, 0.2) is 72.8 Å². The minimum Gasteiger partial charge on any atom is -0.504 e. The number of aliphatic hydroxyl groups excluding tert-OH is 1. The second-order valence-corrected chi connectivity index (χ2v) is 5.58. The molecular formula is C20H19NO4. The highest BCUT2D eigenvalue weighted by Crippen LogP contribution is 2.28. The van der Waals surface area contributed by atoms with Crippen molar-refractivity contribution in [3.8, 4) is 23.0 Å². The summed E-state index contributed by atoms with van der Waals surface area (Å²) in [7, 11) is 0. The molecule has 25 heavy (non-hydrogen) atoms. The lowest BCUT2D eigenvalue weighted by Crippen LogP contribution is -2.11. The van der Waals surface area contributed by atoms with E-state index in [1.54, 1.807) is 6.07 Å². The molecule has 0 aliphatic carbocycles. The Morgan fingerprint density at radius 3 is 2.16 bits per heavy atom. The highest BCUT2D eigenvalue weighted by molar-refractivity contribution is 5.48. The van der Waals surface area contributed by atoms with Crippen LogP contribution in [0.2, 0.25) is 0 Å². The molecule has 3 aromatic carbocycles. The van der Waals surface area contributed by atoms with Crippen molar-refractivity contribution in [2.24, 2.45) is 0 Å². The van der Waals surface area contributed by atoms with Gasteiger partial charge in [-0.1, -0.05) is 24.3 Å². The van der Waals surface area contributed by atoms with Gasteiger partial charge in [-0.25, -0.2) is 0 Å². The third kappa shape index (κ3) is 4.43. The van der Waals surface area contributed by atoms with Crippen LogP contribution in [-0.2, 0) is 0 Å². The van der Waals surface area contributed by atoms with Crippen LogP contribution in [0.5, 0.6) is 23.0 Å². The zero-order valence-corrected chi connectivity index (χ0v) is 13.5. The molecule has 0 aliphatic heterocycles. The van der Waals surface area contributed by atoms with E-state index in [0.717, 1.165) is 17.2 Å². The molecule has 0 saturated carbocycles. The van der Waals surface area contributed by atoms with Crippen LogP contribution >= 0.6 is 0 Å². The Labute approximate surface area is 145 Å². The molecule has 0 fully saturated rings. The molecule has 0 radical (unpaired) electrons. The summed E-state index contributed by atoms with van der Waals surface area (Å²) in [6.07, 6.45) is -0.813. The van der Waals surface area contributed by atoms with E-state index in [4.69, 9.17) is 4.74 Å². The molecule has 0 amide bonds. The standard InChI is InChI=1S/C20H19NO4/c22-18-11-6-14(12-19(18)23)20(24)13-21-15-7-9-17(10-8-15)25-16-4-2-1-3-5-16/h1-12,20-24H,13H2. The summed E-state index contributed by atoms with van der Waals surface area (Å²) in [6, 6.07) is 21.2. The number of aromatic hydroxyl groups is 2. The normalized spacial score (nSPS) is 11.7. The monoisotopic (exact) mass is 337 g/mol. The molecule has 0 spiro atoms. The highest BCUT2D eigenvalue weighted by Gasteiger charge is 2.10. The Bertz CT molecular complexity index is 819. The lowest BCUT2D eigenvalue weighted by molar-refractivity contribution is 0.191. The summed E-state index contributed by atoms with van der Waals surface area (Å²) in [5.41, 5.74) is 1.36. The van der Waals surface area contributed by atoms with Crippen molar-refractivity contribution >= 4 is 5.69 Å². The van der Waals surface area contributed by atoms with E-state index in [9.17, 15) is 15.3 Å². The Balaban J connectivity index is 1.57. The first-order valence-electron chi connectivity index (χ1n) is 7.88. The van der Waals surface area contributed by atoms with Crippen molar-refractivity contribution in [2.75, 3.05) is 11.9 Å². The molecule has 3 rings (SSSR count). The van der Waals surface area contributed by atoms with Crippen molar-refractivity contribution < 1.29 is 20.1 Å². The van der Waals surface area contributed by atoms with E-state index in [0.29, 0.717) is 5.56 Å². The molecule has 3 aromatic rings.